The number of hydrogen-bond acceptors (Lipinski definition) is 10. The van der Waals surface area contributed by atoms with Gasteiger partial charge in [0.2, 0.25) is 0 Å². The fraction of sp³-hybridized carbons (Fsp3) is 0.304. The van der Waals surface area contributed by atoms with Crippen LogP contribution in [0.15, 0.2) is 77.7 Å². The van der Waals surface area contributed by atoms with Crippen LogP contribution in [0.1, 0.15) is 23.8 Å². The Bertz CT molecular complexity index is 1370. The van der Waals surface area contributed by atoms with Gasteiger partial charge in [0.15, 0.2) is 0 Å². The van der Waals surface area contributed by atoms with Gasteiger partial charge in [-0.2, -0.15) is 4.98 Å². The predicted molar refractivity (Wildman–Crippen MR) is 140 cm³/mol. The molecule has 1 radical (unpaired) electrons. The van der Waals surface area contributed by atoms with E-state index in [2.05, 4.69) is 4.98 Å². The molecule has 1 saturated heterocycles. The van der Waals surface area contributed by atoms with Crippen LogP contribution < -0.4 is 11.4 Å². The van der Waals surface area contributed by atoms with Crippen LogP contribution in [0.5, 0.6) is 0 Å². The number of aromatic nitrogens is 2. The Morgan fingerprint density at radius 1 is 0.923 bits per heavy atom. The van der Waals surface area contributed by atoms with Crippen LogP contribution in [0.2, 0.25) is 0 Å². The monoisotopic (exact) mass is 606 g/mol. The summed E-state index contributed by atoms with van der Waals surface area (Å²) >= 11 is 0. The van der Waals surface area contributed by atoms with Crippen LogP contribution in [0.25, 0.3) is 0 Å². The first-order valence-electron chi connectivity index (χ1n) is 11.5. The fourth-order valence-corrected chi connectivity index (χ4v) is 5.30. The Labute approximate surface area is 266 Å². The SMILES string of the molecule is Nc1ccn([C@H]2C[C@H](OP(=O)(O)OCc3ccccc3)[C@@H](COP(=O)(O)OCc3ccccc3)O2)c(=O)n1.[K]. The molecule has 2 unspecified atom stereocenters. The number of phosphoric acid groups is 2. The first-order valence-corrected chi connectivity index (χ1v) is 14.4. The molecule has 0 amide bonds. The molecule has 1 fully saturated rings. The molecular formula is C23H27KN3O10P2. The molecule has 3 aromatic rings. The van der Waals surface area contributed by atoms with Gasteiger partial charge >= 0.3 is 21.3 Å². The minimum atomic E-state index is -4.62. The van der Waals surface area contributed by atoms with Gasteiger partial charge in [-0.25, -0.2) is 13.9 Å². The van der Waals surface area contributed by atoms with E-state index < -0.39 is 46.4 Å². The minimum absolute atomic E-state index is 0. The van der Waals surface area contributed by atoms with Crippen LogP contribution in [0.4, 0.5) is 5.82 Å². The van der Waals surface area contributed by atoms with Gasteiger partial charge in [-0.3, -0.25) is 22.7 Å². The van der Waals surface area contributed by atoms with E-state index in [1.165, 1.54) is 12.3 Å². The normalized spacial score (nSPS) is 21.9. The van der Waals surface area contributed by atoms with E-state index >= 15 is 0 Å². The number of ether oxygens (including phenoxy) is 1. The summed E-state index contributed by atoms with van der Waals surface area (Å²) in [5, 5.41) is 0. The van der Waals surface area contributed by atoms with Crippen molar-refractivity contribution in [1.29, 1.82) is 0 Å². The van der Waals surface area contributed by atoms with Gasteiger partial charge in [-0.1, -0.05) is 60.7 Å². The molecule has 0 spiro atoms. The van der Waals surface area contributed by atoms with Gasteiger partial charge in [0.1, 0.15) is 24.3 Å². The van der Waals surface area contributed by atoms with Crippen molar-refractivity contribution in [3.8, 4) is 0 Å². The van der Waals surface area contributed by atoms with Crippen molar-refractivity contribution in [2.75, 3.05) is 12.3 Å². The summed E-state index contributed by atoms with van der Waals surface area (Å²) in [6.45, 7) is -0.943. The van der Waals surface area contributed by atoms with Crippen molar-refractivity contribution in [2.45, 2.75) is 38.1 Å². The first-order chi connectivity index (χ1) is 18.1. The summed E-state index contributed by atoms with van der Waals surface area (Å²) in [5.41, 5.74) is 6.11. The third-order valence-corrected chi connectivity index (χ3v) is 7.41. The van der Waals surface area contributed by atoms with Crippen molar-refractivity contribution in [1.82, 2.24) is 9.55 Å². The Morgan fingerprint density at radius 2 is 1.49 bits per heavy atom. The average molecular weight is 607 g/mol. The molecule has 4 N–H and O–H groups in total. The van der Waals surface area contributed by atoms with Crippen molar-refractivity contribution < 1.29 is 41.7 Å². The second-order valence-electron chi connectivity index (χ2n) is 8.30. The van der Waals surface area contributed by atoms with Gasteiger partial charge in [0.05, 0.1) is 19.8 Å². The molecule has 13 nitrogen and oxygen atoms in total. The van der Waals surface area contributed by atoms with Crippen molar-refractivity contribution >= 4 is 72.8 Å². The van der Waals surface area contributed by atoms with Crippen LogP contribution >= 0.6 is 15.6 Å². The van der Waals surface area contributed by atoms with E-state index in [4.69, 9.17) is 28.6 Å². The van der Waals surface area contributed by atoms with Crippen molar-refractivity contribution in [2.24, 2.45) is 0 Å². The molecule has 0 aliphatic carbocycles. The number of nitrogens with zero attached hydrogens (tertiary/aromatic N) is 2. The maximum atomic E-state index is 12.7. The summed E-state index contributed by atoms with van der Waals surface area (Å²) in [6, 6.07) is 18.8. The van der Waals surface area contributed by atoms with Crippen LogP contribution in [-0.2, 0) is 45.2 Å². The average Bonchev–Trinajstić information content (AvgIpc) is 3.28. The van der Waals surface area contributed by atoms with E-state index in [-0.39, 0.29) is 76.8 Å². The number of nitrogen functional groups attached to an aromatic ring is 1. The Balaban J connectivity index is 0.00000420. The molecule has 2 heterocycles. The molecular weight excluding hydrogens is 579 g/mol. The van der Waals surface area contributed by atoms with Crippen molar-refractivity contribution in [3.05, 3.63) is 94.5 Å². The van der Waals surface area contributed by atoms with E-state index in [1.54, 1.807) is 60.7 Å². The number of rotatable bonds is 12. The number of hydrogen-bond donors (Lipinski definition) is 3. The molecule has 1 aliphatic rings. The predicted octanol–water partition coefficient (Wildman–Crippen LogP) is 2.77. The Hall–Kier alpha value is -1.06. The van der Waals surface area contributed by atoms with E-state index in [0.29, 0.717) is 11.1 Å². The van der Waals surface area contributed by atoms with Crippen LogP contribution in [-0.4, -0.2) is 89.5 Å². The molecule has 5 atom stereocenters. The zero-order valence-corrected chi connectivity index (χ0v) is 25.9. The van der Waals surface area contributed by atoms with E-state index in [1.807, 2.05) is 0 Å². The molecule has 0 bridgehead atoms. The van der Waals surface area contributed by atoms with Gasteiger partial charge in [0, 0.05) is 64.0 Å². The van der Waals surface area contributed by atoms with Crippen LogP contribution in [0, 0.1) is 0 Å². The van der Waals surface area contributed by atoms with Crippen molar-refractivity contribution in [3.63, 3.8) is 0 Å². The van der Waals surface area contributed by atoms with Gasteiger partial charge in [-0.05, 0) is 17.2 Å². The van der Waals surface area contributed by atoms with Gasteiger partial charge in [0.25, 0.3) is 0 Å². The zero-order valence-electron chi connectivity index (χ0n) is 21.0. The molecule has 39 heavy (non-hydrogen) atoms. The summed E-state index contributed by atoms with van der Waals surface area (Å²) < 4.78 is 52.6. The summed E-state index contributed by atoms with van der Waals surface area (Å²) in [6.07, 6.45) is -2.05. The maximum absolute atomic E-state index is 12.7. The third kappa shape index (κ3) is 10.1. The summed E-state index contributed by atoms with van der Waals surface area (Å²) in [5.74, 6) is 0.00267. The Kier molecular flexibility index (Phi) is 12.2. The topological polar surface area (TPSA) is 182 Å². The minimum Gasteiger partial charge on any atom is -0.383 e. The van der Waals surface area contributed by atoms with E-state index in [0.717, 1.165) is 4.57 Å². The van der Waals surface area contributed by atoms with Gasteiger partial charge in [-0.15, -0.1) is 0 Å². The van der Waals surface area contributed by atoms with Gasteiger partial charge < -0.3 is 20.3 Å². The molecule has 1 aliphatic heterocycles. The van der Waals surface area contributed by atoms with E-state index in [9.17, 15) is 23.7 Å². The summed E-state index contributed by atoms with van der Waals surface area (Å²) in [7, 11) is -9.17. The second kappa shape index (κ2) is 14.7. The largest absolute Gasteiger partial charge is 0.472 e. The quantitative estimate of drug-likeness (QED) is 0.203. The number of nitrogens with two attached hydrogens (primary N) is 1. The van der Waals surface area contributed by atoms with Crippen LogP contribution in [0.3, 0.4) is 0 Å². The summed E-state index contributed by atoms with van der Waals surface area (Å²) in [4.78, 5) is 36.4. The number of phosphoric ester groups is 2. The molecule has 0 saturated carbocycles. The third-order valence-electron chi connectivity index (χ3n) is 5.49. The Morgan fingerprint density at radius 3 is 2.05 bits per heavy atom. The molecule has 4 rings (SSSR count). The fourth-order valence-electron chi connectivity index (χ4n) is 3.64. The molecule has 16 heteroatoms. The molecule has 1 aromatic heterocycles. The number of anilines is 1. The molecule has 205 valence electrons. The molecule has 2 aromatic carbocycles. The maximum Gasteiger partial charge on any atom is 0.472 e. The number of benzene rings is 2. The smallest absolute Gasteiger partial charge is 0.383 e. The standard InChI is InChI=1S/C23H27N3O10P2.K/c24-21-11-12-26(23(27)25-21)22-13-19(36-38(30,31)33-15-18-9-5-2-6-10-18)20(35-22)16-34-37(28,29)32-14-17-7-3-1-4-8-17;/h1-12,19-20,22H,13-16H2,(H,28,29)(H,30,31)(H2,24,25,27);/t19-,20+,22+;/m0./s1. The first kappa shape index (κ1) is 32.5. The zero-order chi connectivity index (χ0) is 27.2. The second-order valence-corrected chi connectivity index (χ2v) is 11.2.